The third-order valence-electron chi connectivity index (χ3n) is 5.51. The summed E-state index contributed by atoms with van der Waals surface area (Å²) >= 11 is 0. The fourth-order valence-electron chi connectivity index (χ4n) is 4.00. The van der Waals surface area contributed by atoms with Crippen LogP contribution in [-0.2, 0) is 19.2 Å². The van der Waals surface area contributed by atoms with Gasteiger partial charge in [-0.2, -0.15) is 0 Å². The minimum absolute atomic E-state index is 0.203. The van der Waals surface area contributed by atoms with E-state index in [1.807, 2.05) is 13.8 Å². The van der Waals surface area contributed by atoms with E-state index in [0.29, 0.717) is 10.9 Å². The molecule has 2 aromatic carbocycles. The van der Waals surface area contributed by atoms with Gasteiger partial charge >= 0.3 is 0 Å². The van der Waals surface area contributed by atoms with Gasteiger partial charge in [-0.1, -0.05) is 18.7 Å². The number of aliphatic hydroxyl groups excluding tert-OH is 1. The van der Waals surface area contributed by atoms with Gasteiger partial charge in [0.15, 0.2) is 0 Å². The van der Waals surface area contributed by atoms with Crippen LogP contribution in [0.4, 0.5) is 17.1 Å². The second-order valence-electron chi connectivity index (χ2n) is 7.90. The van der Waals surface area contributed by atoms with Gasteiger partial charge in [0.25, 0.3) is 0 Å². The maximum Gasteiger partial charge on any atom is 0.238 e. The molecule has 8 heteroatoms. The SMILES string of the molecule is C=c1cc/c(=C2/C(=O)C(=O)C(c3ccc(N(CC)CC)cc3NC(C)=O)=C2O)c(NC(C)=O)c1. The third-order valence-corrected chi connectivity index (χ3v) is 5.51. The summed E-state index contributed by atoms with van der Waals surface area (Å²) in [5.41, 5.74) is 1.18. The number of nitrogens with zero attached hydrogens (tertiary/aromatic N) is 1. The lowest BCUT2D eigenvalue weighted by molar-refractivity contribution is -0.129. The highest BCUT2D eigenvalue weighted by Gasteiger charge is 2.39. The first-order valence-corrected chi connectivity index (χ1v) is 10.9. The van der Waals surface area contributed by atoms with E-state index in [4.69, 9.17) is 0 Å². The van der Waals surface area contributed by atoms with E-state index in [9.17, 15) is 24.3 Å². The minimum Gasteiger partial charge on any atom is -0.506 e. The Hall–Kier alpha value is -4.20. The Morgan fingerprint density at radius 1 is 0.882 bits per heavy atom. The average Bonchev–Trinajstić information content (AvgIpc) is 2.97. The van der Waals surface area contributed by atoms with E-state index in [2.05, 4.69) is 22.1 Å². The monoisotopic (exact) mass is 461 g/mol. The Labute approximate surface area is 197 Å². The Morgan fingerprint density at radius 3 is 2.06 bits per heavy atom. The van der Waals surface area contributed by atoms with Gasteiger partial charge in [0, 0.05) is 49.1 Å². The van der Waals surface area contributed by atoms with E-state index >= 15 is 0 Å². The Bertz CT molecular complexity index is 1350. The summed E-state index contributed by atoms with van der Waals surface area (Å²) in [6.45, 7) is 11.9. The molecule has 0 spiro atoms. The number of aliphatic hydroxyl groups is 1. The number of anilines is 3. The molecule has 3 rings (SSSR count). The zero-order chi connectivity index (χ0) is 25.2. The Balaban J connectivity index is 2.31. The van der Waals surface area contributed by atoms with Crippen molar-refractivity contribution < 1.29 is 24.3 Å². The van der Waals surface area contributed by atoms with E-state index in [0.717, 1.165) is 18.8 Å². The number of carbonyl (C=O) groups is 4. The predicted molar refractivity (Wildman–Crippen MR) is 133 cm³/mol. The molecule has 3 N–H and O–H groups in total. The molecule has 0 fully saturated rings. The molecular formula is C26H27N3O5. The molecular weight excluding hydrogens is 434 g/mol. The molecule has 2 amide bonds. The van der Waals surface area contributed by atoms with Crippen LogP contribution in [0.2, 0.25) is 0 Å². The summed E-state index contributed by atoms with van der Waals surface area (Å²) in [7, 11) is 0. The first-order chi connectivity index (χ1) is 16.1. The largest absolute Gasteiger partial charge is 0.506 e. The molecule has 0 atom stereocenters. The van der Waals surface area contributed by atoms with Crippen molar-refractivity contribution in [2.75, 3.05) is 28.6 Å². The van der Waals surface area contributed by atoms with Gasteiger partial charge in [0.05, 0.1) is 16.8 Å². The van der Waals surface area contributed by atoms with Crippen LogP contribution in [-0.4, -0.2) is 41.6 Å². The zero-order valence-electron chi connectivity index (χ0n) is 19.6. The van der Waals surface area contributed by atoms with E-state index in [1.54, 1.807) is 30.3 Å². The molecule has 176 valence electrons. The summed E-state index contributed by atoms with van der Waals surface area (Å²) in [5.74, 6) is -3.06. The number of carbonyl (C=O) groups excluding carboxylic acids is 4. The first kappa shape index (κ1) is 24.4. The molecule has 2 aromatic rings. The lowest BCUT2D eigenvalue weighted by Gasteiger charge is -2.23. The first-order valence-electron chi connectivity index (χ1n) is 10.9. The van der Waals surface area contributed by atoms with Crippen LogP contribution in [0.5, 0.6) is 0 Å². The minimum atomic E-state index is -0.905. The van der Waals surface area contributed by atoms with Crippen molar-refractivity contribution in [2.24, 2.45) is 0 Å². The van der Waals surface area contributed by atoms with Crippen molar-refractivity contribution >= 4 is 58.2 Å². The summed E-state index contributed by atoms with van der Waals surface area (Å²) in [6.07, 6.45) is 0. The van der Waals surface area contributed by atoms with E-state index in [1.165, 1.54) is 19.9 Å². The molecule has 0 saturated carbocycles. The molecule has 0 radical (unpaired) electrons. The van der Waals surface area contributed by atoms with E-state index < -0.39 is 17.3 Å². The van der Waals surface area contributed by atoms with Crippen LogP contribution in [0.25, 0.3) is 17.7 Å². The lowest BCUT2D eigenvalue weighted by atomic mass is 10.0. The number of hydrogen-bond acceptors (Lipinski definition) is 6. The molecule has 0 bridgehead atoms. The maximum atomic E-state index is 13.1. The highest BCUT2D eigenvalue weighted by atomic mass is 16.3. The molecule has 0 saturated heterocycles. The molecule has 1 aliphatic carbocycles. The quantitative estimate of drug-likeness (QED) is 0.568. The number of rotatable bonds is 6. The molecule has 0 unspecified atom stereocenters. The highest BCUT2D eigenvalue weighted by molar-refractivity contribution is 6.70. The molecule has 0 aromatic heterocycles. The average molecular weight is 462 g/mol. The number of Topliss-reactive ketones (excluding diaryl/α,β-unsaturated/α-hetero) is 2. The Kier molecular flexibility index (Phi) is 7.00. The van der Waals surface area contributed by atoms with Crippen LogP contribution >= 0.6 is 0 Å². The van der Waals surface area contributed by atoms with Crippen molar-refractivity contribution in [3.8, 4) is 0 Å². The number of hydrogen-bond donors (Lipinski definition) is 3. The normalized spacial score (nSPS) is 14.9. The van der Waals surface area contributed by atoms with Gasteiger partial charge in [0.1, 0.15) is 5.76 Å². The van der Waals surface area contributed by atoms with Crippen molar-refractivity contribution in [1.82, 2.24) is 0 Å². The highest BCUT2D eigenvalue weighted by Crippen LogP contribution is 2.37. The van der Waals surface area contributed by atoms with Crippen LogP contribution in [0.15, 0.2) is 42.2 Å². The molecule has 0 heterocycles. The molecule has 1 aliphatic rings. The number of ketones is 2. The maximum absolute atomic E-state index is 13.1. The standard InChI is InChI=1S/C26H27N3O5/c1-6-29(7-2)17-9-11-19(21(13-17)28-16(5)31)23-24(32)22(25(33)26(23)34)18-10-8-14(3)12-20(18)27-15(4)30/h8-13,32H,3,6-7H2,1-2,4-5H3,(H,27,30)(H,28,31)/b22-18-. The van der Waals surface area contributed by atoms with Gasteiger partial charge < -0.3 is 20.6 Å². The van der Waals surface area contributed by atoms with Crippen LogP contribution in [0.3, 0.4) is 0 Å². The van der Waals surface area contributed by atoms with Crippen molar-refractivity contribution in [3.63, 3.8) is 0 Å². The fourth-order valence-corrected chi connectivity index (χ4v) is 4.00. The topological polar surface area (TPSA) is 116 Å². The molecule has 8 nitrogen and oxygen atoms in total. The van der Waals surface area contributed by atoms with E-state index in [-0.39, 0.29) is 39.4 Å². The van der Waals surface area contributed by atoms with Crippen molar-refractivity contribution in [1.29, 1.82) is 0 Å². The number of nitrogens with one attached hydrogen (secondary N) is 2. The second-order valence-corrected chi connectivity index (χ2v) is 7.90. The second kappa shape index (κ2) is 9.74. The summed E-state index contributed by atoms with van der Waals surface area (Å²) in [6, 6.07) is 9.76. The smallest absolute Gasteiger partial charge is 0.238 e. The Morgan fingerprint density at radius 2 is 1.47 bits per heavy atom. The van der Waals surface area contributed by atoms with Gasteiger partial charge in [-0.3, -0.25) is 19.2 Å². The summed E-state index contributed by atoms with van der Waals surface area (Å²) in [4.78, 5) is 51.7. The van der Waals surface area contributed by atoms with Crippen LogP contribution < -0.4 is 26.0 Å². The van der Waals surface area contributed by atoms with Gasteiger partial charge in [-0.25, -0.2) is 0 Å². The van der Waals surface area contributed by atoms with Gasteiger partial charge in [-0.15, -0.1) is 0 Å². The van der Waals surface area contributed by atoms with Gasteiger partial charge in [-0.05, 0) is 43.3 Å². The summed E-state index contributed by atoms with van der Waals surface area (Å²) in [5, 5.41) is 17.2. The van der Waals surface area contributed by atoms with Crippen molar-refractivity contribution in [2.45, 2.75) is 27.7 Å². The predicted octanol–water partition coefficient (Wildman–Crippen LogP) is 2.13. The van der Waals surface area contributed by atoms with Gasteiger partial charge in [0.2, 0.25) is 23.4 Å². The van der Waals surface area contributed by atoms with Crippen LogP contribution in [0, 0.1) is 0 Å². The number of amides is 2. The molecule has 34 heavy (non-hydrogen) atoms. The van der Waals surface area contributed by atoms with Crippen LogP contribution in [0.1, 0.15) is 33.3 Å². The zero-order valence-corrected chi connectivity index (χ0v) is 19.6. The summed E-state index contributed by atoms with van der Waals surface area (Å²) < 4.78 is 0. The third kappa shape index (κ3) is 4.61. The van der Waals surface area contributed by atoms with Crippen molar-refractivity contribution in [3.05, 3.63) is 58.2 Å². The molecule has 0 aliphatic heterocycles. The number of allylic oxidation sites excluding steroid dienone is 2. The fraction of sp³-hybridized carbons (Fsp3) is 0.231. The lowest BCUT2D eigenvalue weighted by Crippen LogP contribution is -2.23. The number of benzene rings is 2.